The minimum Gasteiger partial charge on any atom is -0.355 e. The fourth-order valence-corrected chi connectivity index (χ4v) is 3.85. The van der Waals surface area contributed by atoms with Crippen LogP contribution in [0.3, 0.4) is 0 Å². The number of rotatable bonds is 3. The van der Waals surface area contributed by atoms with Gasteiger partial charge in [0.1, 0.15) is 5.01 Å². The van der Waals surface area contributed by atoms with Crippen molar-refractivity contribution in [3.8, 4) is 10.6 Å². The summed E-state index contributed by atoms with van der Waals surface area (Å²) in [5, 5.41) is 10.3. The Morgan fingerprint density at radius 3 is 3.20 bits per heavy atom. The molecule has 0 radical (unpaired) electrons. The van der Waals surface area contributed by atoms with E-state index in [0.29, 0.717) is 0 Å². The molecule has 4 nitrogen and oxygen atoms in total. The molecule has 1 aliphatic heterocycles. The van der Waals surface area contributed by atoms with E-state index >= 15 is 0 Å². The number of nitrogens with zero attached hydrogens (tertiary/aromatic N) is 2. The summed E-state index contributed by atoms with van der Waals surface area (Å²) in [6, 6.07) is 2.01. The molecule has 106 valence electrons. The van der Waals surface area contributed by atoms with Crippen molar-refractivity contribution in [2.24, 2.45) is 0 Å². The molecule has 1 amide bonds. The molecule has 1 saturated heterocycles. The van der Waals surface area contributed by atoms with Gasteiger partial charge in [-0.3, -0.25) is 9.69 Å². The van der Waals surface area contributed by atoms with Gasteiger partial charge < -0.3 is 5.32 Å². The van der Waals surface area contributed by atoms with Gasteiger partial charge in [-0.2, -0.15) is 11.3 Å². The molecule has 1 atom stereocenters. The molecular formula is C14H17N3OS2. The van der Waals surface area contributed by atoms with Crippen LogP contribution in [0.5, 0.6) is 0 Å². The van der Waals surface area contributed by atoms with Crippen molar-refractivity contribution in [1.82, 2.24) is 15.2 Å². The van der Waals surface area contributed by atoms with Crippen molar-refractivity contribution in [2.75, 3.05) is 13.1 Å². The number of carbonyl (C=O) groups is 1. The Hall–Kier alpha value is -1.24. The highest BCUT2D eigenvalue weighted by molar-refractivity contribution is 7.14. The Bertz CT molecular complexity index is 579. The number of carbonyl (C=O) groups excluding carboxylic acids is 1. The van der Waals surface area contributed by atoms with Crippen molar-refractivity contribution in [3.63, 3.8) is 0 Å². The fourth-order valence-electron chi connectivity index (χ4n) is 2.32. The van der Waals surface area contributed by atoms with E-state index in [4.69, 9.17) is 0 Å². The second kappa shape index (κ2) is 6.03. The maximum absolute atomic E-state index is 11.8. The zero-order valence-corrected chi connectivity index (χ0v) is 13.0. The molecule has 1 aliphatic rings. The van der Waals surface area contributed by atoms with Crippen LogP contribution >= 0.6 is 22.7 Å². The number of amides is 1. The summed E-state index contributed by atoms with van der Waals surface area (Å²) in [5.74, 6) is 0.121. The summed E-state index contributed by atoms with van der Waals surface area (Å²) >= 11 is 3.36. The minimum atomic E-state index is -0.0798. The maximum atomic E-state index is 11.8. The third-order valence-electron chi connectivity index (χ3n) is 3.53. The average molecular weight is 307 g/mol. The highest BCUT2D eigenvalue weighted by Gasteiger charge is 2.24. The van der Waals surface area contributed by atoms with Gasteiger partial charge in [0, 0.05) is 36.0 Å². The molecule has 0 spiro atoms. The molecule has 0 aliphatic carbocycles. The molecule has 2 aromatic heterocycles. The number of hydrogen-bond donors (Lipinski definition) is 1. The fraction of sp³-hybridized carbons (Fsp3) is 0.429. The first-order chi connectivity index (χ1) is 9.74. The highest BCUT2D eigenvalue weighted by atomic mass is 32.1. The molecule has 1 N–H and O–H groups in total. The van der Waals surface area contributed by atoms with E-state index in [1.165, 1.54) is 5.56 Å². The van der Waals surface area contributed by atoms with Crippen LogP contribution in [0.25, 0.3) is 10.6 Å². The first kappa shape index (κ1) is 13.7. The average Bonchev–Trinajstić information content (AvgIpc) is 3.08. The van der Waals surface area contributed by atoms with Gasteiger partial charge in [0.2, 0.25) is 5.91 Å². The van der Waals surface area contributed by atoms with Crippen molar-refractivity contribution < 1.29 is 4.79 Å². The van der Waals surface area contributed by atoms with Gasteiger partial charge in [-0.25, -0.2) is 4.98 Å². The molecule has 3 rings (SSSR count). The van der Waals surface area contributed by atoms with Crippen molar-refractivity contribution >= 4 is 28.6 Å². The van der Waals surface area contributed by atoms with Gasteiger partial charge in [0.05, 0.1) is 11.7 Å². The Balaban J connectivity index is 1.72. The van der Waals surface area contributed by atoms with Gasteiger partial charge in [0.15, 0.2) is 0 Å². The van der Waals surface area contributed by atoms with Crippen molar-refractivity contribution in [1.29, 1.82) is 0 Å². The molecule has 20 heavy (non-hydrogen) atoms. The zero-order valence-electron chi connectivity index (χ0n) is 11.3. The van der Waals surface area contributed by atoms with Crippen LogP contribution in [-0.2, 0) is 11.3 Å². The van der Waals surface area contributed by atoms with Crippen LogP contribution in [0, 0.1) is 0 Å². The van der Waals surface area contributed by atoms with Gasteiger partial charge >= 0.3 is 0 Å². The lowest BCUT2D eigenvalue weighted by Gasteiger charge is -2.24. The Labute approximate surface area is 126 Å². The maximum Gasteiger partial charge on any atom is 0.237 e. The standard InChI is InChI=1S/C14H17N3OS2/c1-10-13(18)15-4-2-5-17(10)7-12-9-20-14(16-12)11-3-6-19-8-11/h3,6,8-10H,2,4-5,7H2,1H3,(H,15,18). The second-order valence-electron chi connectivity index (χ2n) is 4.95. The SMILES string of the molecule is CC1C(=O)NCCCN1Cc1csc(-c2ccsc2)n1. The summed E-state index contributed by atoms with van der Waals surface area (Å²) in [6.07, 6.45) is 0.998. The summed E-state index contributed by atoms with van der Waals surface area (Å²) in [4.78, 5) is 18.7. The third kappa shape index (κ3) is 2.92. The van der Waals surface area contributed by atoms with E-state index in [-0.39, 0.29) is 11.9 Å². The van der Waals surface area contributed by atoms with E-state index in [2.05, 4.69) is 37.4 Å². The number of aromatic nitrogens is 1. The molecular weight excluding hydrogens is 290 g/mol. The number of nitrogens with one attached hydrogen (secondary N) is 1. The summed E-state index contributed by atoms with van der Waals surface area (Å²) in [7, 11) is 0. The van der Waals surface area contributed by atoms with E-state index in [1.54, 1.807) is 22.7 Å². The molecule has 0 bridgehead atoms. The Morgan fingerprint density at radius 1 is 1.50 bits per heavy atom. The zero-order chi connectivity index (χ0) is 13.9. The van der Waals surface area contributed by atoms with Crippen LogP contribution in [0.4, 0.5) is 0 Å². The minimum absolute atomic E-state index is 0.0798. The number of hydrogen-bond acceptors (Lipinski definition) is 5. The van der Waals surface area contributed by atoms with Gasteiger partial charge in [-0.05, 0) is 24.8 Å². The van der Waals surface area contributed by atoms with Crippen LogP contribution in [-0.4, -0.2) is 34.9 Å². The summed E-state index contributed by atoms with van der Waals surface area (Å²) in [5.41, 5.74) is 2.24. The largest absolute Gasteiger partial charge is 0.355 e. The van der Waals surface area contributed by atoms with E-state index in [0.717, 1.165) is 36.8 Å². The van der Waals surface area contributed by atoms with Crippen molar-refractivity contribution in [3.05, 3.63) is 27.9 Å². The van der Waals surface area contributed by atoms with Gasteiger partial charge in [-0.1, -0.05) is 0 Å². The molecule has 0 saturated carbocycles. The van der Waals surface area contributed by atoms with Gasteiger partial charge in [-0.15, -0.1) is 11.3 Å². The van der Waals surface area contributed by atoms with Gasteiger partial charge in [0.25, 0.3) is 0 Å². The lowest BCUT2D eigenvalue weighted by atomic mass is 10.2. The lowest BCUT2D eigenvalue weighted by Crippen LogP contribution is -2.41. The lowest BCUT2D eigenvalue weighted by molar-refractivity contribution is -0.125. The monoisotopic (exact) mass is 307 g/mol. The molecule has 0 aromatic carbocycles. The van der Waals surface area contributed by atoms with Crippen LogP contribution in [0.1, 0.15) is 19.0 Å². The van der Waals surface area contributed by atoms with E-state index in [9.17, 15) is 4.79 Å². The first-order valence-electron chi connectivity index (χ1n) is 6.73. The highest BCUT2D eigenvalue weighted by Crippen LogP contribution is 2.26. The number of thiazole rings is 1. The smallest absolute Gasteiger partial charge is 0.237 e. The summed E-state index contributed by atoms with van der Waals surface area (Å²) < 4.78 is 0. The van der Waals surface area contributed by atoms with Crippen LogP contribution in [0.2, 0.25) is 0 Å². The molecule has 6 heteroatoms. The summed E-state index contributed by atoms with van der Waals surface area (Å²) in [6.45, 7) is 4.42. The van der Waals surface area contributed by atoms with Crippen LogP contribution in [0.15, 0.2) is 22.2 Å². The quantitative estimate of drug-likeness (QED) is 0.948. The molecule has 3 heterocycles. The Morgan fingerprint density at radius 2 is 2.40 bits per heavy atom. The van der Waals surface area contributed by atoms with Crippen LogP contribution < -0.4 is 5.32 Å². The Kier molecular flexibility index (Phi) is 4.14. The molecule has 2 aromatic rings. The normalized spacial score (nSPS) is 20.6. The topological polar surface area (TPSA) is 45.2 Å². The van der Waals surface area contributed by atoms with E-state index in [1.807, 2.05) is 6.92 Å². The third-order valence-corrected chi connectivity index (χ3v) is 5.16. The van der Waals surface area contributed by atoms with Crippen molar-refractivity contribution in [2.45, 2.75) is 25.9 Å². The first-order valence-corrected chi connectivity index (χ1v) is 8.55. The predicted octanol–water partition coefficient (Wildman–Crippen LogP) is 2.58. The predicted molar refractivity (Wildman–Crippen MR) is 82.9 cm³/mol. The molecule has 1 fully saturated rings. The second-order valence-corrected chi connectivity index (χ2v) is 6.59. The van der Waals surface area contributed by atoms with E-state index < -0.39 is 0 Å². The molecule has 1 unspecified atom stereocenters. The number of thiophene rings is 1.